The molecular formula is C17H21N3O3S. The predicted octanol–water partition coefficient (Wildman–Crippen LogP) is 3.43. The van der Waals surface area contributed by atoms with Gasteiger partial charge in [-0.05, 0) is 30.3 Å². The number of amides is 1. The van der Waals surface area contributed by atoms with Gasteiger partial charge in [0.1, 0.15) is 0 Å². The molecule has 0 bridgehead atoms. The Labute approximate surface area is 145 Å². The smallest absolute Gasteiger partial charge is 0.324 e. The largest absolute Gasteiger partial charge is 0.347 e. The molecule has 0 radical (unpaired) electrons. The summed E-state index contributed by atoms with van der Waals surface area (Å²) in [4.78, 5) is 25.0. The summed E-state index contributed by atoms with van der Waals surface area (Å²) >= 11 is 0.887. The Balaban J connectivity index is 2.03. The third-order valence-electron chi connectivity index (χ3n) is 3.84. The molecule has 0 aliphatic rings. The van der Waals surface area contributed by atoms with Gasteiger partial charge >= 0.3 is 5.00 Å². The predicted molar refractivity (Wildman–Crippen MR) is 95.2 cm³/mol. The molecule has 7 heteroatoms. The molecule has 0 saturated carbocycles. The van der Waals surface area contributed by atoms with Crippen molar-refractivity contribution in [3.8, 4) is 0 Å². The van der Waals surface area contributed by atoms with Crippen LogP contribution in [0.15, 0.2) is 36.4 Å². The van der Waals surface area contributed by atoms with Crippen molar-refractivity contribution in [2.45, 2.75) is 26.9 Å². The van der Waals surface area contributed by atoms with E-state index in [2.05, 4.69) is 30.1 Å². The Bertz CT molecular complexity index is 711. The molecule has 128 valence electrons. The summed E-state index contributed by atoms with van der Waals surface area (Å²) in [5, 5.41) is 13.5. The first-order valence-electron chi connectivity index (χ1n) is 7.86. The van der Waals surface area contributed by atoms with Crippen LogP contribution in [-0.4, -0.2) is 28.8 Å². The van der Waals surface area contributed by atoms with Gasteiger partial charge in [-0.1, -0.05) is 49.4 Å². The van der Waals surface area contributed by atoms with Gasteiger partial charge in [-0.2, -0.15) is 0 Å². The van der Waals surface area contributed by atoms with Gasteiger partial charge in [-0.15, -0.1) is 0 Å². The molecule has 1 amide bonds. The van der Waals surface area contributed by atoms with Gasteiger partial charge in [0.25, 0.3) is 5.91 Å². The molecule has 1 aromatic heterocycles. The van der Waals surface area contributed by atoms with Crippen molar-refractivity contribution in [2.24, 2.45) is 0 Å². The second-order valence-electron chi connectivity index (χ2n) is 5.31. The lowest BCUT2D eigenvalue weighted by Gasteiger charge is -2.20. The fraction of sp³-hybridized carbons (Fsp3) is 0.353. The average molecular weight is 347 g/mol. The van der Waals surface area contributed by atoms with Crippen molar-refractivity contribution in [1.29, 1.82) is 0 Å². The van der Waals surface area contributed by atoms with Crippen LogP contribution < -0.4 is 5.32 Å². The van der Waals surface area contributed by atoms with Crippen molar-refractivity contribution >= 4 is 22.2 Å². The Morgan fingerprint density at radius 1 is 1.17 bits per heavy atom. The third kappa shape index (κ3) is 4.62. The quantitative estimate of drug-likeness (QED) is 0.586. The molecule has 0 aliphatic heterocycles. The summed E-state index contributed by atoms with van der Waals surface area (Å²) in [6.07, 6.45) is 0. The molecule has 0 saturated heterocycles. The van der Waals surface area contributed by atoms with Gasteiger partial charge < -0.3 is 5.32 Å². The topological polar surface area (TPSA) is 75.5 Å². The van der Waals surface area contributed by atoms with Gasteiger partial charge in [-0.25, -0.2) is 0 Å². The lowest BCUT2D eigenvalue weighted by molar-refractivity contribution is -0.380. The number of benzene rings is 1. The summed E-state index contributed by atoms with van der Waals surface area (Å²) in [6.45, 7) is 7.42. The molecule has 1 aromatic carbocycles. The molecule has 0 fully saturated rings. The molecule has 2 rings (SSSR count). The fourth-order valence-corrected chi connectivity index (χ4v) is 3.12. The van der Waals surface area contributed by atoms with Gasteiger partial charge in [-0.3, -0.25) is 19.8 Å². The van der Waals surface area contributed by atoms with E-state index in [1.807, 2.05) is 18.2 Å². The molecule has 0 unspecified atom stereocenters. The standard InChI is InChI=1S/C17H21N3O3S/c1-3-19(4-2)12-14-8-6-5-7-13(14)11-18-17(21)15-9-10-16(24-15)20(22)23/h5-10H,3-4,11-12H2,1-2H3,(H,18,21). The minimum Gasteiger partial charge on any atom is -0.347 e. The summed E-state index contributed by atoms with van der Waals surface area (Å²) in [5.74, 6) is -0.286. The van der Waals surface area contributed by atoms with Gasteiger partial charge in [0, 0.05) is 19.2 Å². The lowest BCUT2D eigenvalue weighted by Crippen LogP contribution is -2.25. The van der Waals surface area contributed by atoms with E-state index in [0.717, 1.165) is 36.5 Å². The molecule has 1 heterocycles. The van der Waals surface area contributed by atoms with Crippen LogP contribution >= 0.6 is 11.3 Å². The Kier molecular flexibility index (Phi) is 6.45. The molecule has 0 spiro atoms. The van der Waals surface area contributed by atoms with E-state index in [-0.39, 0.29) is 10.9 Å². The van der Waals surface area contributed by atoms with E-state index >= 15 is 0 Å². The normalized spacial score (nSPS) is 10.8. The van der Waals surface area contributed by atoms with Crippen LogP contribution in [0.3, 0.4) is 0 Å². The van der Waals surface area contributed by atoms with Crippen LogP contribution in [-0.2, 0) is 13.1 Å². The SMILES string of the molecule is CCN(CC)Cc1ccccc1CNC(=O)c1ccc([N+](=O)[O-])s1. The minimum atomic E-state index is -0.485. The molecule has 1 N–H and O–H groups in total. The van der Waals surface area contributed by atoms with Crippen LogP contribution in [0.25, 0.3) is 0 Å². The number of nitrogens with one attached hydrogen (secondary N) is 1. The highest BCUT2D eigenvalue weighted by molar-refractivity contribution is 7.17. The van der Waals surface area contributed by atoms with E-state index in [1.165, 1.54) is 17.7 Å². The summed E-state index contributed by atoms with van der Waals surface area (Å²) in [5.41, 5.74) is 2.24. The van der Waals surface area contributed by atoms with Crippen molar-refractivity contribution in [2.75, 3.05) is 13.1 Å². The molecule has 24 heavy (non-hydrogen) atoms. The zero-order chi connectivity index (χ0) is 17.5. The zero-order valence-electron chi connectivity index (χ0n) is 13.8. The van der Waals surface area contributed by atoms with E-state index in [9.17, 15) is 14.9 Å². The number of rotatable bonds is 8. The van der Waals surface area contributed by atoms with Crippen LogP contribution in [0.2, 0.25) is 0 Å². The van der Waals surface area contributed by atoms with Crippen molar-refractivity contribution < 1.29 is 9.72 Å². The second-order valence-corrected chi connectivity index (χ2v) is 6.37. The number of thiophene rings is 1. The van der Waals surface area contributed by atoms with E-state index in [0.29, 0.717) is 11.4 Å². The number of carbonyl (C=O) groups excluding carboxylic acids is 1. The van der Waals surface area contributed by atoms with Gasteiger partial charge in [0.05, 0.1) is 9.80 Å². The molecule has 0 atom stereocenters. The monoisotopic (exact) mass is 347 g/mol. The Morgan fingerprint density at radius 2 is 1.83 bits per heavy atom. The van der Waals surface area contributed by atoms with Crippen molar-refractivity contribution in [3.63, 3.8) is 0 Å². The first kappa shape index (κ1) is 18.1. The summed E-state index contributed by atoms with van der Waals surface area (Å²) in [6, 6.07) is 10.8. The van der Waals surface area contributed by atoms with E-state index in [1.54, 1.807) is 0 Å². The van der Waals surface area contributed by atoms with Gasteiger partial charge in [0.15, 0.2) is 0 Å². The highest BCUT2D eigenvalue weighted by atomic mass is 32.1. The van der Waals surface area contributed by atoms with Crippen LogP contribution in [0.4, 0.5) is 5.00 Å². The maximum atomic E-state index is 12.2. The van der Waals surface area contributed by atoms with Gasteiger partial charge in [0.2, 0.25) is 0 Å². The summed E-state index contributed by atoms with van der Waals surface area (Å²) in [7, 11) is 0. The van der Waals surface area contributed by atoms with Crippen LogP contribution in [0.1, 0.15) is 34.6 Å². The van der Waals surface area contributed by atoms with E-state index in [4.69, 9.17) is 0 Å². The lowest BCUT2D eigenvalue weighted by atomic mass is 10.1. The maximum absolute atomic E-state index is 12.2. The average Bonchev–Trinajstić information content (AvgIpc) is 3.09. The van der Waals surface area contributed by atoms with Crippen LogP contribution in [0, 0.1) is 10.1 Å². The van der Waals surface area contributed by atoms with Crippen molar-refractivity contribution in [3.05, 3.63) is 62.5 Å². The number of nitrogens with zero attached hydrogens (tertiary/aromatic N) is 2. The number of hydrogen-bond acceptors (Lipinski definition) is 5. The number of carbonyl (C=O) groups is 1. The molecular weight excluding hydrogens is 326 g/mol. The number of hydrogen-bond donors (Lipinski definition) is 1. The zero-order valence-corrected chi connectivity index (χ0v) is 14.6. The minimum absolute atomic E-state index is 0.0258. The van der Waals surface area contributed by atoms with E-state index < -0.39 is 4.92 Å². The highest BCUT2D eigenvalue weighted by Gasteiger charge is 2.15. The Hall–Kier alpha value is -2.25. The fourth-order valence-electron chi connectivity index (χ4n) is 2.38. The molecule has 6 nitrogen and oxygen atoms in total. The number of nitro groups is 1. The van der Waals surface area contributed by atoms with Crippen molar-refractivity contribution in [1.82, 2.24) is 10.2 Å². The first-order chi connectivity index (χ1) is 11.5. The third-order valence-corrected chi connectivity index (χ3v) is 4.88. The molecule has 0 aliphatic carbocycles. The molecule has 2 aromatic rings. The maximum Gasteiger partial charge on any atom is 0.324 e. The second kappa shape index (κ2) is 8.56. The summed E-state index contributed by atoms with van der Waals surface area (Å²) < 4.78 is 0. The first-order valence-corrected chi connectivity index (χ1v) is 8.68. The van der Waals surface area contributed by atoms with Crippen LogP contribution in [0.5, 0.6) is 0 Å². The highest BCUT2D eigenvalue weighted by Crippen LogP contribution is 2.23. The Morgan fingerprint density at radius 3 is 2.42 bits per heavy atom.